The van der Waals surface area contributed by atoms with Crippen LogP contribution in [0.4, 0.5) is 0 Å². The van der Waals surface area contributed by atoms with Crippen LogP contribution in [0.25, 0.3) is 0 Å². The first-order chi connectivity index (χ1) is 3.77. The molecule has 0 aliphatic rings. The fraction of sp³-hybridized carbons (Fsp3) is 0.833. The second-order valence-electron chi connectivity index (χ2n) is 1.85. The van der Waals surface area contributed by atoms with E-state index in [1.807, 2.05) is 0 Å². The predicted molar refractivity (Wildman–Crippen MR) is 41.7 cm³/mol. The molecule has 0 spiro atoms. The van der Waals surface area contributed by atoms with Crippen LogP contribution >= 0.6 is 0 Å². The summed E-state index contributed by atoms with van der Waals surface area (Å²) < 4.78 is 0. The zero-order valence-electron chi connectivity index (χ0n) is 5.89. The van der Waals surface area contributed by atoms with Crippen LogP contribution in [-0.4, -0.2) is 37.3 Å². The van der Waals surface area contributed by atoms with Crippen molar-refractivity contribution >= 4 is 32.2 Å². The minimum absolute atomic E-state index is 0. The predicted octanol–water partition coefficient (Wildman–Crippen LogP) is 0.467. The van der Waals surface area contributed by atoms with Gasteiger partial charge in [-0.3, -0.25) is 4.79 Å². The maximum atomic E-state index is 9.87. The molecule has 0 rings (SSSR count). The van der Waals surface area contributed by atoms with Gasteiger partial charge in [-0.1, -0.05) is 19.8 Å². The van der Waals surface area contributed by atoms with Crippen LogP contribution in [0, 0.1) is 0 Å². The van der Waals surface area contributed by atoms with Crippen LogP contribution < -0.4 is 0 Å². The van der Waals surface area contributed by atoms with Crippen molar-refractivity contribution in [1.82, 2.24) is 0 Å². The zero-order valence-corrected chi connectivity index (χ0v) is 11.4. The van der Waals surface area contributed by atoms with Gasteiger partial charge >= 0.3 is 32.2 Å². The Morgan fingerprint density at radius 3 is 2.33 bits per heavy atom. The van der Waals surface area contributed by atoms with Crippen LogP contribution in [0.1, 0.15) is 32.6 Å². The second kappa shape index (κ2) is 8.35. The van der Waals surface area contributed by atoms with Crippen LogP contribution in [0.5, 0.6) is 0 Å². The Bertz CT molecular complexity index is 73.5. The van der Waals surface area contributed by atoms with Gasteiger partial charge in [0.05, 0.1) is 0 Å². The molecule has 0 bridgehead atoms. The van der Waals surface area contributed by atoms with Gasteiger partial charge in [0.2, 0.25) is 0 Å². The summed E-state index contributed by atoms with van der Waals surface area (Å²) in [5, 5.41) is 8.14. The van der Waals surface area contributed by atoms with Gasteiger partial charge in [0.25, 0.3) is 0 Å². The Hall–Kier alpha value is 0.353. The molecule has 0 aliphatic carbocycles. The fourth-order valence-corrected chi connectivity index (χ4v) is 0.526. The Morgan fingerprint density at radius 2 is 2.00 bits per heavy atom. The Labute approximate surface area is 74.8 Å². The van der Waals surface area contributed by atoms with Crippen molar-refractivity contribution in [2.24, 2.45) is 0 Å². The van der Waals surface area contributed by atoms with Gasteiger partial charge < -0.3 is 5.11 Å². The van der Waals surface area contributed by atoms with Gasteiger partial charge in [0, 0.05) is 6.42 Å². The summed E-state index contributed by atoms with van der Waals surface area (Å²) in [4.78, 5) is 9.87. The van der Waals surface area contributed by atoms with Crippen LogP contribution in [-0.2, 0) is 4.79 Å². The number of carboxylic acids is 1. The number of hydrogen-bond donors (Lipinski definition) is 1. The quantitative estimate of drug-likeness (QED) is 0.602. The molecule has 0 heterocycles. The van der Waals surface area contributed by atoms with Crippen LogP contribution in [0.2, 0.25) is 0 Å². The first-order valence-electron chi connectivity index (χ1n) is 2.99. The average molecular weight is 328 g/mol. The van der Waals surface area contributed by atoms with Crippen LogP contribution in [0.3, 0.4) is 0 Å². The van der Waals surface area contributed by atoms with Gasteiger partial charge in [-0.15, -0.1) is 0 Å². The van der Waals surface area contributed by atoms with E-state index in [9.17, 15) is 4.79 Å². The van der Waals surface area contributed by atoms with Crippen molar-refractivity contribution in [3.05, 3.63) is 0 Å². The summed E-state index contributed by atoms with van der Waals surface area (Å²) in [5.74, 6) is -0.682. The Kier molecular flexibility index (Phi) is 11.2. The number of aliphatic carboxylic acids is 1. The van der Waals surface area contributed by atoms with Gasteiger partial charge in [-0.25, -0.2) is 0 Å². The van der Waals surface area contributed by atoms with Gasteiger partial charge in [-0.05, 0) is 6.42 Å². The van der Waals surface area contributed by atoms with E-state index in [4.69, 9.17) is 5.11 Å². The van der Waals surface area contributed by atoms with Crippen LogP contribution in [0.15, 0.2) is 0 Å². The Morgan fingerprint density at radius 1 is 1.44 bits per heavy atom. The molecule has 56 valence electrons. The molecule has 0 atom stereocenters. The second-order valence-corrected chi connectivity index (χ2v) is 1.85. The molecule has 9 heavy (non-hydrogen) atoms. The van der Waals surface area contributed by atoms with Crippen molar-refractivity contribution < 1.29 is 9.90 Å². The molecule has 0 radical (unpaired) electrons. The molecule has 3 heteroatoms. The number of carbonyl (C=O) groups is 1. The van der Waals surface area contributed by atoms with E-state index >= 15 is 0 Å². The Balaban J connectivity index is 0. The molecular formula is C6H15BiO2. The molecule has 0 fully saturated rings. The van der Waals surface area contributed by atoms with Crippen molar-refractivity contribution in [1.29, 1.82) is 0 Å². The van der Waals surface area contributed by atoms with E-state index in [0.717, 1.165) is 19.3 Å². The third-order valence-corrected chi connectivity index (χ3v) is 0.994. The normalized spacial score (nSPS) is 8.11. The molecule has 1 N–H and O–H groups in total. The molecular weight excluding hydrogens is 313 g/mol. The molecule has 0 aromatic rings. The van der Waals surface area contributed by atoms with Gasteiger partial charge in [-0.2, -0.15) is 0 Å². The molecule has 0 saturated carbocycles. The molecule has 0 saturated heterocycles. The average Bonchev–Trinajstić information content (AvgIpc) is 1.66. The van der Waals surface area contributed by atoms with Crippen molar-refractivity contribution in [2.75, 3.05) is 0 Å². The van der Waals surface area contributed by atoms with E-state index in [2.05, 4.69) is 6.92 Å². The summed E-state index contributed by atoms with van der Waals surface area (Å²) in [7, 11) is 0. The van der Waals surface area contributed by atoms with Crippen molar-refractivity contribution in [3.8, 4) is 0 Å². The molecule has 0 aromatic heterocycles. The first kappa shape index (κ1) is 12.1. The summed E-state index contributed by atoms with van der Waals surface area (Å²) in [6.07, 6.45) is 3.28. The number of unbranched alkanes of at least 4 members (excludes halogenated alkanes) is 2. The number of hydrogen-bond acceptors (Lipinski definition) is 1. The van der Waals surface area contributed by atoms with E-state index in [-0.39, 0.29) is 26.2 Å². The third-order valence-electron chi connectivity index (χ3n) is 0.994. The van der Waals surface area contributed by atoms with E-state index in [1.54, 1.807) is 0 Å². The fourth-order valence-electron chi connectivity index (χ4n) is 0.526. The summed E-state index contributed by atoms with van der Waals surface area (Å²) in [5.41, 5.74) is 0. The zero-order chi connectivity index (χ0) is 6.41. The SMILES string of the molecule is CCCCCC(=O)O.[BiH3]. The molecule has 2 nitrogen and oxygen atoms in total. The van der Waals surface area contributed by atoms with Crippen molar-refractivity contribution in [3.63, 3.8) is 0 Å². The summed E-state index contributed by atoms with van der Waals surface area (Å²) in [6, 6.07) is 0. The van der Waals surface area contributed by atoms with E-state index < -0.39 is 5.97 Å². The van der Waals surface area contributed by atoms with Gasteiger partial charge in [0.1, 0.15) is 0 Å². The molecule has 0 aliphatic heterocycles. The number of rotatable bonds is 4. The third kappa shape index (κ3) is 11.8. The first-order valence-corrected chi connectivity index (χ1v) is 2.99. The molecule has 0 unspecified atom stereocenters. The van der Waals surface area contributed by atoms with E-state index in [0.29, 0.717) is 6.42 Å². The molecule has 0 aromatic carbocycles. The van der Waals surface area contributed by atoms with E-state index in [1.165, 1.54) is 0 Å². The number of carboxylic acid groups (broad SMARTS) is 1. The van der Waals surface area contributed by atoms with Gasteiger partial charge in [0.15, 0.2) is 0 Å². The standard InChI is InChI=1S/C6H12O2.Bi.3H/c1-2-3-4-5-6(7)8;;;;/h2-5H2,1H3,(H,7,8);;;;. The molecule has 0 amide bonds. The monoisotopic (exact) mass is 328 g/mol. The van der Waals surface area contributed by atoms with Crippen molar-refractivity contribution in [2.45, 2.75) is 32.6 Å². The topological polar surface area (TPSA) is 37.3 Å². The summed E-state index contributed by atoms with van der Waals surface area (Å²) in [6.45, 7) is 2.06. The summed E-state index contributed by atoms with van der Waals surface area (Å²) >= 11 is 0. The minimum atomic E-state index is -0.682. The maximum absolute atomic E-state index is 9.87.